The molecule has 0 saturated carbocycles. The lowest BCUT2D eigenvalue weighted by Gasteiger charge is -2.29. The Morgan fingerprint density at radius 2 is 1.15 bits per heavy atom. The van der Waals surface area contributed by atoms with E-state index < -0.39 is 23.8 Å². The van der Waals surface area contributed by atoms with Crippen molar-refractivity contribution < 1.29 is 29.1 Å². The molecule has 2 aromatic carbocycles. The molecule has 0 aliphatic carbocycles. The van der Waals surface area contributed by atoms with Gasteiger partial charge in [0.1, 0.15) is 28.8 Å². The van der Waals surface area contributed by atoms with Gasteiger partial charge in [0.25, 0.3) is 23.6 Å². The number of carboxylic acids is 1. The van der Waals surface area contributed by atoms with Crippen molar-refractivity contribution in [3.63, 3.8) is 0 Å². The maximum atomic E-state index is 14.7. The summed E-state index contributed by atoms with van der Waals surface area (Å²) in [6.07, 6.45) is 11.3. The predicted molar refractivity (Wildman–Crippen MR) is 262 cm³/mol. The molecule has 8 rings (SSSR count). The van der Waals surface area contributed by atoms with E-state index in [9.17, 15) is 29.1 Å². The third-order valence-corrected chi connectivity index (χ3v) is 14.4. The highest BCUT2D eigenvalue weighted by molar-refractivity contribution is 6.01. The van der Waals surface area contributed by atoms with Crippen LogP contribution in [0.1, 0.15) is 138 Å². The fourth-order valence-electron chi connectivity index (χ4n) is 10.6. The molecule has 4 atom stereocenters. The Bertz CT molecular complexity index is 2420. The van der Waals surface area contributed by atoms with Crippen molar-refractivity contribution in [1.29, 1.82) is 0 Å². The van der Waals surface area contributed by atoms with Crippen molar-refractivity contribution in [2.75, 3.05) is 52.4 Å². The largest absolute Gasteiger partial charge is 0.480 e. The fraction of sp³-hybridized carbons (Fsp3) is 0.500. The second kappa shape index (κ2) is 22.9. The van der Waals surface area contributed by atoms with Crippen LogP contribution in [0.4, 0.5) is 0 Å². The van der Waals surface area contributed by atoms with E-state index in [-0.39, 0.29) is 59.1 Å². The van der Waals surface area contributed by atoms with Gasteiger partial charge in [0.15, 0.2) is 0 Å². The Morgan fingerprint density at radius 1 is 0.618 bits per heavy atom. The standard InChI is InChI=1S/C54H68N8O6/c1-3-4-6-16-37(2)49(54(67)68)58-51(64)46-31-42(33-48(57-46)53(66)62-28-15-22-44(62)36-60-25-11-12-26-60)41-30-45(50(63)55-34-38-17-13-20-40(29-38)39-18-7-5-8-19-39)56-47(32-41)52(65)61-27-14-21-43(61)35-59-23-9-10-24-59/h5,7-8,13,17-20,29-33,37,43-44,49H,3-4,6,9-12,14-16,21-28,34-36H2,1-2H3,(H,55,63)(H,58,64)(H,67,68)/t37?,43-,44-,49-/m0/s1. The van der Waals surface area contributed by atoms with Crippen LogP contribution in [-0.4, -0.2) is 135 Å². The Morgan fingerprint density at radius 3 is 1.69 bits per heavy atom. The number of nitrogens with one attached hydrogen (secondary N) is 2. The van der Waals surface area contributed by atoms with E-state index in [1.165, 1.54) is 6.07 Å². The van der Waals surface area contributed by atoms with Crippen molar-refractivity contribution in [3.05, 3.63) is 107 Å². The van der Waals surface area contributed by atoms with Crippen LogP contribution < -0.4 is 10.6 Å². The number of carbonyl (C=O) groups excluding carboxylic acids is 4. The van der Waals surface area contributed by atoms with Crippen molar-refractivity contribution in [2.24, 2.45) is 5.92 Å². The zero-order valence-electron chi connectivity index (χ0n) is 39.8. The van der Waals surface area contributed by atoms with Crippen LogP contribution in [0.5, 0.6) is 0 Å². The number of hydrogen-bond donors (Lipinski definition) is 3. The summed E-state index contributed by atoms with van der Waals surface area (Å²) in [5, 5.41) is 16.1. The topological polar surface area (TPSA) is 168 Å². The van der Waals surface area contributed by atoms with Crippen LogP contribution in [0.25, 0.3) is 22.3 Å². The highest BCUT2D eigenvalue weighted by Crippen LogP contribution is 2.30. The van der Waals surface area contributed by atoms with Crippen LogP contribution in [0.2, 0.25) is 0 Å². The highest BCUT2D eigenvalue weighted by atomic mass is 16.4. The average molecular weight is 925 g/mol. The van der Waals surface area contributed by atoms with Gasteiger partial charge in [-0.15, -0.1) is 0 Å². The van der Waals surface area contributed by atoms with Gasteiger partial charge < -0.3 is 35.3 Å². The minimum Gasteiger partial charge on any atom is -0.480 e. The summed E-state index contributed by atoms with van der Waals surface area (Å²) in [5.74, 6) is -3.35. The van der Waals surface area contributed by atoms with Gasteiger partial charge in [-0.2, -0.15) is 0 Å². The number of aliphatic carboxylic acids is 1. The van der Waals surface area contributed by atoms with E-state index in [0.29, 0.717) is 30.6 Å². The van der Waals surface area contributed by atoms with Crippen molar-refractivity contribution in [3.8, 4) is 22.3 Å². The van der Waals surface area contributed by atoms with E-state index >= 15 is 0 Å². The maximum absolute atomic E-state index is 14.7. The number of pyridine rings is 2. The highest BCUT2D eigenvalue weighted by Gasteiger charge is 2.35. The molecule has 14 heteroatoms. The number of hydrogen-bond acceptors (Lipinski definition) is 9. The Hall–Kier alpha value is -5.99. The summed E-state index contributed by atoms with van der Waals surface area (Å²) >= 11 is 0. The Balaban J connectivity index is 1.16. The molecule has 0 bridgehead atoms. The number of amides is 4. The molecule has 4 fully saturated rings. The smallest absolute Gasteiger partial charge is 0.326 e. The summed E-state index contributed by atoms with van der Waals surface area (Å²) in [7, 11) is 0. The van der Waals surface area contributed by atoms with Gasteiger partial charge in [-0.05, 0) is 148 Å². The number of rotatable bonds is 19. The monoisotopic (exact) mass is 925 g/mol. The van der Waals surface area contributed by atoms with E-state index in [4.69, 9.17) is 4.98 Å². The normalized spacial score (nSPS) is 19.6. The number of carboxylic acid groups (broad SMARTS) is 1. The molecule has 2 aromatic heterocycles. The number of carbonyl (C=O) groups is 5. The van der Waals surface area contributed by atoms with Crippen LogP contribution in [-0.2, 0) is 11.3 Å². The maximum Gasteiger partial charge on any atom is 0.326 e. The second-order valence-corrected chi connectivity index (χ2v) is 19.4. The zero-order chi connectivity index (χ0) is 47.6. The first-order valence-electron chi connectivity index (χ1n) is 25.1. The second-order valence-electron chi connectivity index (χ2n) is 19.4. The molecular weight excluding hydrogens is 857 g/mol. The van der Waals surface area contributed by atoms with E-state index in [0.717, 1.165) is 127 Å². The summed E-state index contributed by atoms with van der Waals surface area (Å²) in [6, 6.07) is 23.1. The SMILES string of the molecule is CCCCCC(C)[C@H](NC(=O)c1cc(-c2cc(C(=O)NCc3cccc(-c4ccccc4)c3)nc(C(=O)N3CCC[C@H]3CN3CCCC3)c2)cc(C(=O)N2CCC[C@H]2CN2CCCC2)n1)C(=O)O. The van der Waals surface area contributed by atoms with E-state index in [1.807, 2.05) is 71.3 Å². The molecule has 6 heterocycles. The van der Waals surface area contributed by atoms with Gasteiger partial charge in [0.05, 0.1) is 0 Å². The van der Waals surface area contributed by atoms with Crippen molar-refractivity contribution in [1.82, 2.24) is 40.2 Å². The molecule has 0 spiro atoms. The Labute approximate surface area is 400 Å². The lowest BCUT2D eigenvalue weighted by atomic mass is 9.95. The molecule has 68 heavy (non-hydrogen) atoms. The van der Waals surface area contributed by atoms with Gasteiger partial charge in [-0.3, -0.25) is 19.2 Å². The van der Waals surface area contributed by atoms with Crippen molar-refractivity contribution >= 4 is 29.6 Å². The zero-order valence-corrected chi connectivity index (χ0v) is 39.8. The molecule has 1 unspecified atom stereocenters. The van der Waals surface area contributed by atoms with Crippen LogP contribution in [0.15, 0.2) is 78.9 Å². The van der Waals surface area contributed by atoms with E-state index in [2.05, 4.69) is 32.3 Å². The molecule has 14 nitrogen and oxygen atoms in total. The molecule has 0 radical (unpaired) electrons. The third-order valence-electron chi connectivity index (χ3n) is 14.4. The minimum absolute atomic E-state index is 0.00110. The summed E-state index contributed by atoms with van der Waals surface area (Å²) in [6.45, 7) is 10.7. The number of likely N-dealkylation sites (tertiary alicyclic amines) is 4. The fourth-order valence-corrected chi connectivity index (χ4v) is 10.6. The molecule has 4 amide bonds. The molecule has 3 N–H and O–H groups in total. The summed E-state index contributed by atoms with van der Waals surface area (Å²) < 4.78 is 0. The summed E-state index contributed by atoms with van der Waals surface area (Å²) in [4.78, 5) is 88.5. The number of nitrogens with zero attached hydrogens (tertiary/aromatic N) is 6. The Kier molecular flexibility index (Phi) is 16.3. The molecule has 4 saturated heterocycles. The average Bonchev–Trinajstić information content (AvgIpc) is 4.23. The lowest BCUT2D eigenvalue weighted by molar-refractivity contribution is -0.140. The van der Waals surface area contributed by atoms with Gasteiger partial charge in [-0.25, -0.2) is 14.8 Å². The first-order valence-corrected chi connectivity index (χ1v) is 25.1. The molecule has 4 aliphatic rings. The number of aromatic nitrogens is 2. The van der Waals surface area contributed by atoms with Crippen molar-refractivity contribution in [2.45, 2.75) is 116 Å². The van der Waals surface area contributed by atoms with E-state index in [1.54, 1.807) is 18.2 Å². The molecule has 360 valence electrons. The quantitative estimate of drug-likeness (QED) is 0.0800. The minimum atomic E-state index is -1.19. The molecule has 4 aliphatic heterocycles. The van der Waals surface area contributed by atoms with Gasteiger partial charge in [-0.1, -0.05) is 81.6 Å². The van der Waals surface area contributed by atoms with Gasteiger partial charge in [0, 0.05) is 44.8 Å². The molecular formula is C54H68N8O6. The van der Waals surface area contributed by atoms with Crippen LogP contribution >= 0.6 is 0 Å². The van der Waals surface area contributed by atoms with Gasteiger partial charge >= 0.3 is 5.97 Å². The third kappa shape index (κ3) is 12.0. The number of benzene rings is 2. The summed E-state index contributed by atoms with van der Waals surface area (Å²) in [5.41, 5.74) is 3.72. The first kappa shape index (κ1) is 48.5. The lowest BCUT2D eigenvalue weighted by Crippen LogP contribution is -2.45. The predicted octanol–water partition coefficient (Wildman–Crippen LogP) is 7.54. The van der Waals surface area contributed by atoms with Gasteiger partial charge in [0.2, 0.25) is 0 Å². The first-order chi connectivity index (χ1) is 33.0. The number of unbranched alkanes of at least 4 members (excludes halogenated alkanes) is 2. The van der Waals surface area contributed by atoms with Crippen LogP contribution in [0, 0.1) is 5.92 Å². The van der Waals surface area contributed by atoms with Crippen LogP contribution in [0.3, 0.4) is 0 Å². The molecule has 4 aromatic rings.